The van der Waals surface area contributed by atoms with Gasteiger partial charge >= 0.3 is 0 Å². The number of hydrogen-bond donors (Lipinski definition) is 1. The van der Waals surface area contributed by atoms with Crippen molar-refractivity contribution < 1.29 is 18.7 Å². The van der Waals surface area contributed by atoms with Crippen molar-refractivity contribution >= 4 is 28.5 Å². The minimum absolute atomic E-state index is 0.273. The average Bonchev–Trinajstić information content (AvgIpc) is 2.99. The van der Waals surface area contributed by atoms with Gasteiger partial charge in [-0.25, -0.2) is 0 Å². The van der Waals surface area contributed by atoms with Gasteiger partial charge in [0.1, 0.15) is 17.9 Å². The zero-order valence-electron chi connectivity index (χ0n) is 13.8. The molecule has 0 aliphatic carbocycles. The Morgan fingerprint density at radius 1 is 1.16 bits per heavy atom. The van der Waals surface area contributed by atoms with E-state index in [4.69, 9.17) is 25.5 Å². The Balaban J connectivity index is 1.62. The highest BCUT2D eigenvalue weighted by Gasteiger charge is 2.19. The predicted molar refractivity (Wildman–Crippen MR) is 96.2 cm³/mol. The van der Waals surface area contributed by atoms with Crippen molar-refractivity contribution in [2.24, 2.45) is 0 Å². The van der Waals surface area contributed by atoms with Crippen LogP contribution in [0, 0.1) is 0 Å². The van der Waals surface area contributed by atoms with Crippen molar-refractivity contribution in [3.05, 3.63) is 64.9 Å². The molecule has 25 heavy (non-hydrogen) atoms. The van der Waals surface area contributed by atoms with E-state index in [0.29, 0.717) is 36.1 Å². The number of furan rings is 1. The highest BCUT2D eigenvalue weighted by Crippen LogP contribution is 2.26. The van der Waals surface area contributed by atoms with Crippen LogP contribution in [-0.2, 0) is 11.3 Å². The van der Waals surface area contributed by atoms with Crippen LogP contribution in [-0.4, -0.2) is 26.2 Å². The van der Waals surface area contributed by atoms with Crippen molar-refractivity contribution in [3.63, 3.8) is 0 Å². The molecule has 0 unspecified atom stereocenters. The van der Waals surface area contributed by atoms with E-state index in [1.807, 2.05) is 24.3 Å². The lowest BCUT2D eigenvalue weighted by Crippen LogP contribution is -2.28. The lowest BCUT2D eigenvalue weighted by molar-refractivity contribution is 0.0915. The molecule has 130 valence electrons. The first kappa shape index (κ1) is 17.3. The van der Waals surface area contributed by atoms with Gasteiger partial charge < -0.3 is 19.2 Å². The van der Waals surface area contributed by atoms with E-state index in [9.17, 15) is 4.79 Å². The highest BCUT2D eigenvalue weighted by molar-refractivity contribution is 6.30. The van der Waals surface area contributed by atoms with Gasteiger partial charge in [0, 0.05) is 23.1 Å². The SMILES string of the molecule is COCc1c(C(=O)NCCOc2ccc(Cl)cc2)oc2ccccc12. The molecule has 5 nitrogen and oxygen atoms in total. The maximum atomic E-state index is 12.4. The van der Waals surface area contributed by atoms with Gasteiger partial charge in [-0.05, 0) is 30.3 Å². The first-order valence-corrected chi connectivity index (χ1v) is 8.22. The number of rotatable bonds is 7. The third-order valence-corrected chi connectivity index (χ3v) is 3.92. The Labute approximate surface area is 150 Å². The molecule has 1 N–H and O–H groups in total. The number of ether oxygens (including phenoxy) is 2. The first-order chi connectivity index (χ1) is 12.2. The predicted octanol–water partition coefficient (Wildman–Crippen LogP) is 4.04. The second-order valence-corrected chi connectivity index (χ2v) is 5.83. The molecular weight excluding hydrogens is 342 g/mol. The number of nitrogens with one attached hydrogen (secondary N) is 1. The van der Waals surface area contributed by atoms with Crippen LogP contribution in [0.25, 0.3) is 11.0 Å². The summed E-state index contributed by atoms with van der Waals surface area (Å²) in [5.74, 6) is 0.681. The molecule has 0 saturated heterocycles. The van der Waals surface area contributed by atoms with Crippen LogP contribution in [0.15, 0.2) is 52.9 Å². The quantitative estimate of drug-likeness (QED) is 0.647. The van der Waals surface area contributed by atoms with Crippen LogP contribution < -0.4 is 10.1 Å². The monoisotopic (exact) mass is 359 g/mol. The Bertz CT molecular complexity index is 857. The van der Waals surface area contributed by atoms with Gasteiger partial charge in [0.25, 0.3) is 5.91 Å². The van der Waals surface area contributed by atoms with Crippen LogP contribution in [0.3, 0.4) is 0 Å². The van der Waals surface area contributed by atoms with Gasteiger partial charge in [0.05, 0.1) is 13.2 Å². The summed E-state index contributed by atoms with van der Waals surface area (Å²) in [4.78, 5) is 12.4. The zero-order valence-corrected chi connectivity index (χ0v) is 14.5. The molecule has 3 aromatic rings. The summed E-state index contributed by atoms with van der Waals surface area (Å²) in [6.45, 7) is 0.999. The number of amides is 1. The smallest absolute Gasteiger partial charge is 0.287 e. The molecule has 2 aromatic carbocycles. The fraction of sp³-hybridized carbons (Fsp3) is 0.211. The van der Waals surface area contributed by atoms with Crippen molar-refractivity contribution in [2.45, 2.75) is 6.61 Å². The Morgan fingerprint density at radius 2 is 1.92 bits per heavy atom. The van der Waals surface area contributed by atoms with Crippen molar-refractivity contribution in [1.82, 2.24) is 5.32 Å². The first-order valence-electron chi connectivity index (χ1n) is 7.85. The summed E-state index contributed by atoms with van der Waals surface area (Å²) in [7, 11) is 1.59. The minimum Gasteiger partial charge on any atom is -0.492 e. The molecule has 0 bridgehead atoms. The summed E-state index contributed by atoms with van der Waals surface area (Å²) in [5.41, 5.74) is 1.41. The maximum Gasteiger partial charge on any atom is 0.287 e. The number of benzene rings is 2. The lowest BCUT2D eigenvalue weighted by Gasteiger charge is -2.07. The zero-order chi connectivity index (χ0) is 17.6. The molecule has 0 saturated carbocycles. The summed E-state index contributed by atoms with van der Waals surface area (Å²) in [5, 5.41) is 4.33. The van der Waals surface area contributed by atoms with Crippen molar-refractivity contribution in [1.29, 1.82) is 0 Å². The second-order valence-electron chi connectivity index (χ2n) is 5.40. The standard InChI is InChI=1S/C19H18ClNO4/c1-23-12-16-15-4-2-3-5-17(15)25-18(16)19(22)21-10-11-24-14-8-6-13(20)7-9-14/h2-9H,10-12H2,1H3,(H,21,22). The number of para-hydroxylation sites is 1. The number of fused-ring (bicyclic) bond motifs is 1. The normalized spacial score (nSPS) is 10.8. The van der Waals surface area contributed by atoms with E-state index >= 15 is 0 Å². The van der Waals surface area contributed by atoms with E-state index in [1.165, 1.54) is 0 Å². The van der Waals surface area contributed by atoms with Gasteiger partial charge in [0.15, 0.2) is 5.76 Å². The second kappa shape index (κ2) is 8.05. The average molecular weight is 360 g/mol. The molecule has 6 heteroatoms. The van der Waals surface area contributed by atoms with Crippen LogP contribution in [0.4, 0.5) is 0 Å². The number of carbonyl (C=O) groups excluding carboxylic acids is 1. The van der Waals surface area contributed by atoms with E-state index < -0.39 is 0 Å². The Hall–Kier alpha value is -2.50. The molecule has 0 aliphatic rings. The van der Waals surface area contributed by atoms with E-state index in [-0.39, 0.29) is 11.7 Å². The topological polar surface area (TPSA) is 60.7 Å². The van der Waals surface area contributed by atoms with Gasteiger partial charge in [-0.2, -0.15) is 0 Å². The van der Waals surface area contributed by atoms with Gasteiger partial charge in [-0.15, -0.1) is 0 Å². The Kier molecular flexibility index (Phi) is 5.58. The summed E-state index contributed by atoms with van der Waals surface area (Å²) in [6, 6.07) is 14.6. The molecule has 0 atom stereocenters. The summed E-state index contributed by atoms with van der Waals surface area (Å²) >= 11 is 5.82. The largest absolute Gasteiger partial charge is 0.492 e. The third kappa shape index (κ3) is 4.13. The number of carbonyl (C=O) groups is 1. The molecular formula is C19H18ClNO4. The van der Waals surface area contributed by atoms with E-state index in [2.05, 4.69) is 5.32 Å². The number of hydrogen-bond acceptors (Lipinski definition) is 4. The van der Waals surface area contributed by atoms with E-state index in [0.717, 1.165) is 10.9 Å². The fourth-order valence-electron chi connectivity index (χ4n) is 2.51. The number of halogens is 1. The molecule has 1 heterocycles. The lowest BCUT2D eigenvalue weighted by atomic mass is 10.1. The van der Waals surface area contributed by atoms with Crippen molar-refractivity contribution in [2.75, 3.05) is 20.3 Å². The van der Waals surface area contributed by atoms with Crippen LogP contribution in [0.2, 0.25) is 5.02 Å². The maximum absolute atomic E-state index is 12.4. The third-order valence-electron chi connectivity index (χ3n) is 3.66. The van der Waals surface area contributed by atoms with Crippen LogP contribution in [0.1, 0.15) is 16.1 Å². The van der Waals surface area contributed by atoms with E-state index in [1.54, 1.807) is 31.4 Å². The minimum atomic E-state index is -0.289. The summed E-state index contributed by atoms with van der Waals surface area (Å²) in [6.07, 6.45) is 0. The highest BCUT2D eigenvalue weighted by atomic mass is 35.5. The number of methoxy groups -OCH3 is 1. The van der Waals surface area contributed by atoms with Gasteiger partial charge in [0.2, 0.25) is 0 Å². The molecule has 3 rings (SSSR count). The molecule has 0 spiro atoms. The molecule has 1 amide bonds. The molecule has 0 aliphatic heterocycles. The summed E-state index contributed by atoms with van der Waals surface area (Å²) < 4.78 is 16.5. The molecule has 0 radical (unpaired) electrons. The van der Waals surface area contributed by atoms with Crippen molar-refractivity contribution in [3.8, 4) is 5.75 Å². The van der Waals surface area contributed by atoms with Gasteiger partial charge in [-0.1, -0.05) is 29.8 Å². The fourth-order valence-corrected chi connectivity index (χ4v) is 2.64. The van der Waals surface area contributed by atoms with Crippen LogP contribution >= 0.6 is 11.6 Å². The van der Waals surface area contributed by atoms with Gasteiger partial charge in [-0.3, -0.25) is 4.79 Å². The molecule has 0 fully saturated rings. The Morgan fingerprint density at radius 3 is 2.68 bits per heavy atom. The molecule has 1 aromatic heterocycles. The van der Waals surface area contributed by atoms with Crippen LogP contribution in [0.5, 0.6) is 5.75 Å².